The molecule has 0 aliphatic heterocycles. The summed E-state index contributed by atoms with van der Waals surface area (Å²) in [4.78, 5) is 0.552. The molecule has 1 aliphatic rings. The Morgan fingerprint density at radius 3 is 2.62 bits per heavy atom. The van der Waals surface area contributed by atoms with Gasteiger partial charge in [-0.2, -0.15) is 0 Å². The molecule has 16 heavy (non-hydrogen) atoms. The third kappa shape index (κ3) is 6.18. The molecule has 0 spiro atoms. The minimum absolute atomic E-state index is 0.410. The minimum Gasteiger partial charge on any atom is -0.382 e. The van der Waals surface area contributed by atoms with Crippen molar-refractivity contribution in [3.63, 3.8) is 0 Å². The summed E-state index contributed by atoms with van der Waals surface area (Å²) in [5.74, 6) is 0. The van der Waals surface area contributed by atoms with E-state index in [0.717, 1.165) is 19.6 Å². The standard InChI is InChI=1S/C12H23BrO3/c1-14-9-10-15-7-4-8-16-12-6-3-2-5-11(12)13/h11-12H,2-10H2,1H3. The second kappa shape index (κ2) is 9.40. The molecule has 0 radical (unpaired) electrons. The van der Waals surface area contributed by atoms with Crippen LogP contribution in [0.2, 0.25) is 0 Å². The summed E-state index contributed by atoms with van der Waals surface area (Å²) < 4.78 is 16.1. The molecule has 3 nitrogen and oxygen atoms in total. The maximum Gasteiger partial charge on any atom is 0.0700 e. The van der Waals surface area contributed by atoms with Gasteiger partial charge in [0.15, 0.2) is 0 Å². The molecule has 0 N–H and O–H groups in total. The van der Waals surface area contributed by atoms with Gasteiger partial charge in [0.2, 0.25) is 0 Å². The number of hydrogen-bond acceptors (Lipinski definition) is 3. The lowest BCUT2D eigenvalue weighted by Crippen LogP contribution is -2.28. The topological polar surface area (TPSA) is 27.7 Å². The Bertz CT molecular complexity index is 166. The number of rotatable bonds is 8. The van der Waals surface area contributed by atoms with E-state index in [1.807, 2.05) is 0 Å². The highest BCUT2D eigenvalue weighted by atomic mass is 79.9. The van der Waals surface area contributed by atoms with Crippen LogP contribution in [0.5, 0.6) is 0 Å². The summed E-state index contributed by atoms with van der Waals surface area (Å²) in [6.45, 7) is 2.93. The van der Waals surface area contributed by atoms with Crippen LogP contribution < -0.4 is 0 Å². The Morgan fingerprint density at radius 1 is 1.06 bits per heavy atom. The lowest BCUT2D eigenvalue weighted by atomic mass is 9.98. The first kappa shape index (κ1) is 14.4. The van der Waals surface area contributed by atoms with E-state index in [0.29, 0.717) is 24.1 Å². The summed E-state index contributed by atoms with van der Waals surface area (Å²) >= 11 is 3.69. The van der Waals surface area contributed by atoms with Crippen LogP contribution in [0.25, 0.3) is 0 Å². The van der Waals surface area contributed by atoms with E-state index < -0.39 is 0 Å². The Labute approximate surface area is 107 Å². The van der Waals surface area contributed by atoms with E-state index in [-0.39, 0.29) is 0 Å². The number of halogens is 1. The van der Waals surface area contributed by atoms with Crippen molar-refractivity contribution in [2.45, 2.75) is 43.0 Å². The van der Waals surface area contributed by atoms with Crippen LogP contribution in [0, 0.1) is 0 Å². The lowest BCUT2D eigenvalue weighted by molar-refractivity contribution is 0.0125. The zero-order valence-corrected chi connectivity index (χ0v) is 11.7. The van der Waals surface area contributed by atoms with Gasteiger partial charge < -0.3 is 14.2 Å². The van der Waals surface area contributed by atoms with Crippen molar-refractivity contribution >= 4 is 15.9 Å². The minimum atomic E-state index is 0.410. The van der Waals surface area contributed by atoms with Crippen molar-refractivity contribution in [1.82, 2.24) is 0 Å². The van der Waals surface area contributed by atoms with Crippen molar-refractivity contribution in [3.8, 4) is 0 Å². The molecule has 0 amide bonds. The fourth-order valence-corrected chi connectivity index (χ4v) is 2.62. The summed E-state index contributed by atoms with van der Waals surface area (Å²) in [6, 6.07) is 0. The van der Waals surface area contributed by atoms with E-state index >= 15 is 0 Å². The third-order valence-corrected chi connectivity index (χ3v) is 3.87. The molecule has 96 valence electrons. The molecule has 0 bridgehead atoms. The molecular weight excluding hydrogens is 272 g/mol. The van der Waals surface area contributed by atoms with Crippen molar-refractivity contribution < 1.29 is 14.2 Å². The Balaban J connectivity index is 1.90. The van der Waals surface area contributed by atoms with Gasteiger partial charge >= 0.3 is 0 Å². The highest BCUT2D eigenvalue weighted by Gasteiger charge is 2.22. The van der Waals surface area contributed by atoms with Gasteiger partial charge in [-0.1, -0.05) is 28.8 Å². The average molecular weight is 295 g/mol. The number of methoxy groups -OCH3 is 1. The molecule has 1 fully saturated rings. The van der Waals surface area contributed by atoms with Crippen LogP contribution in [-0.4, -0.2) is 44.5 Å². The highest BCUT2D eigenvalue weighted by molar-refractivity contribution is 9.09. The third-order valence-electron chi connectivity index (χ3n) is 2.82. The van der Waals surface area contributed by atoms with E-state index in [9.17, 15) is 0 Å². The largest absolute Gasteiger partial charge is 0.382 e. The Hall–Kier alpha value is 0.360. The van der Waals surface area contributed by atoms with Crippen molar-refractivity contribution in [2.24, 2.45) is 0 Å². The van der Waals surface area contributed by atoms with Gasteiger partial charge in [-0.15, -0.1) is 0 Å². The molecule has 0 aromatic rings. The number of hydrogen-bond donors (Lipinski definition) is 0. The molecule has 0 aromatic heterocycles. The fourth-order valence-electron chi connectivity index (χ4n) is 1.88. The quantitative estimate of drug-likeness (QED) is 0.509. The van der Waals surface area contributed by atoms with E-state index in [1.54, 1.807) is 7.11 Å². The number of alkyl halides is 1. The van der Waals surface area contributed by atoms with Crippen LogP contribution in [0.3, 0.4) is 0 Å². The molecule has 4 heteroatoms. The van der Waals surface area contributed by atoms with Crippen LogP contribution in [0.15, 0.2) is 0 Å². The molecule has 1 saturated carbocycles. The Kier molecular flexibility index (Phi) is 8.47. The van der Waals surface area contributed by atoms with Gasteiger partial charge in [-0.05, 0) is 19.3 Å². The van der Waals surface area contributed by atoms with Gasteiger partial charge in [0, 0.05) is 25.2 Å². The molecular formula is C12H23BrO3. The second-order valence-electron chi connectivity index (χ2n) is 4.17. The summed E-state index contributed by atoms with van der Waals surface area (Å²) in [6.07, 6.45) is 6.45. The highest BCUT2D eigenvalue weighted by Crippen LogP contribution is 2.26. The first-order valence-corrected chi connectivity index (χ1v) is 7.08. The summed E-state index contributed by atoms with van der Waals surface area (Å²) in [5, 5.41) is 0. The van der Waals surface area contributed by atoms with Gasteiger partial charge in [-0.25, -0.2) is 0 Å². The average Bonchev–Trinajstić information content (AvgIpc) is 2.30. The number of ether oxygens (including phenoxy) is 3. The van der Waals surface area contributed by atoms with Crippen molar-refractivity contribution in [2.75, 3.05) is 33.5 Å². The second-order valence-corrected chi connectivity index (χ2v) is 5.34. The SMILES string of the molecule is COCCOCCCOC1CCCCC1Br. The van der Waals surface area contributed by atoms with E-state index in [1.165, 1.54) is 25.7 Å². The molecule has 1 aliphatic carbocycles. The van der Waals surface area contributed by atoms with Crippen LogP contribution >= 0.6 is 15.9 Å². The van der Waals surface area contributed by atoms with Gasteiger partial charge in [0.25, 0.3) is 0 Å². The molecule has 2 unspecified atom stereocenters. The predicted molar refractivity (Wildman–Crippen MR) is 68.2 cm³/mol. The maximum atomic E-state index is 5.84. The van der Waals surface area contributed by atoms with Gasteiger partial charge in [0.05, 0.1) is 19.3 Å². The molecule has 1 rings (SSSR count). The monoisotopic (exact) mass is 294 g/mol. The zero-order valence-electron chi connectivity index (χ0n) is 10.1. The van der Waals surface area contributed by atoms with Gasteiger partial charge in [-0.3, -0.25) is 0 Å². The normalized spacial score (nSPS) is 25.9. The van der Waals surface area contributed by atoms with Crippen LogP contribution in [0.4, 0.5) is 0 Å². The van der Waals surface area contributed by atoms with Crippen molar-refractivity contribution in [1.29, 1.82) is 0 Å². The molecule has 0 saturated heterocycles. The maximum absolute atomic E-state index is 5.84. The van der Waals surface area contributed by atoms with E-state index in [2.05, 4.69) is 15.9 Å². The fraction of sp³-hybridized carbons (Fsp3) is 1.00. The first-order valence-electron chi connectivity index (χ1n) is 6.17. The van der Waals surface area contributed by atoms with E-state index in [4.69, 9.17) is 14.2 Å². The van der Waals surface area contributed by atoms with Crippen LogP contribution in [-0.2, 0) is 14.2 Å². The molecule has 0 aromatic carbocycles. The van der Waals surface area contributed by atoms with Gasteiger partial charge in [0.1, 0.15) is 0 Å². The van der Waals surface area contributed by atoms with Crippen molar-refractivity contribution in [3.05, 3.63) is 0 Å². The summed E-state index contributed by atoms with van der Waals surface area (Å²) in [7, 11) is 1.69. The Morgan fingerprint density at radius 2 is 1.88 bits per heavy atom. The van der Waals surface area contributed by atoms with Crippen LogP contribution in [0.1, 0.15) is 32.1 Å². The molecule has 0 heterocycles. The molecule has 2 atom stereocenters. The lowest BCUT2D eigenvalue weighted by Gasteiger charge is -2.27. The first-order chi connectivity index (χ1) is 7.84. The summed E-state index contributed by atoms with van der Waals surface area (Å²) in [5.41, 5.74) is 0. The zero-order chi connectivity index (χ0) is 11.6. The predicted octanol–water partition coefficient (Wildman–Crippen LogP) is 2.76. The smallest absolute Gasteiger partial charge is 0.0700 e.